The number of aryl methyl sites for hydroxylation is 2. The predicted octanol–water partition coefficient (Wildman–Crippen LogP) is 5.23. The van der Waals surface area contributed by atoms with Crippen molar-refractivity contribution in [2.45, 2.75) is 34.1 Å². The molecule has 0 spiro atoms. The Balaban J connectivity index is 3.20. The molecular weight excluding hydrogens is 204 g/mol. The van der Waals surface area contributed by atoms with Gasteiger partial charge in [-0.15, -0.1) is 0 Å². The predicted molar refractivity (Wildman–Crippen MR) is 78.1 cm³/mol. The number of hydrogen-bond donors (Lipinski definition) is 0. The summed E-state index contributed by atoms with van der Waals surface area (Å²) in [4.78, 5) is 0. The van der Waals surface area contributed by atoms with Crippen molar-refractivity contribution in [3.8, 4) is 0 Å². The van der Waals surface area contributed by atoms with E-state index in [1.807, 2.05) is 6.08 Å². The minimum absolute atomic E-state index is 1.08. The van der Waals surface area contributed by atoms with Crippen LogP contribution in [-0.2, 0) is 0 Å². The standard InChI is InChI=1S/C17H22/c1-6-8-16(11-13(3)7-2)17-10-9-14(4)15(5)12-17/h6,8-12H,1,7H2,2-5H3/b13-11-,16-8+. The molecule has 0 saturated heterocycles. The van der Waals surface area contributed by atoms with Crippen LogP contribution in [0.25, 0.3) is 5.57 Å². The maximum absolute atomic E-state index is 3.79. The van der Waals surface area contributed by atoms with E-state index in [1.54, 1.807) is 0 Å². The van der Waals surface area contributed by atoms with Crippen LogP contribution in [0.2, 0.25) is 0 Å². The fraction of sp³-hybridized carbons (Fsp3) is 0.294. The Morgan fingerprint density at radius 3 is 2.47 bits per heavy atom. The van der Waals surface area contributed by atoms with Gasteiger partial charge in [0.1, 0.15) is 0 Å². The van der Waals surface area contributed by atoms with Gasteiger partial charge in [-0.3, -0.25) is 0 Å². The van der Waals surface area contributed by atoms with Gasteiger partial charge in [-0.2, -0.15) is 0 Å². The van der Waals surface area contributed by atoms with E-state index in [1.165, 1.54) is 27.8 Å². The van der Waals surface area contributed by atoms with Crippen molar-refractivity contribution in [1.29, 1.82) is 0 Å². The summed E-state index contributed by atoms with van der Waals surface area (Å²) in [5, 5.41) is 0. The van der Waals surface area contributed by atoms with Crippen molar-refractivity contribution in [2.75, 3.05) is 0 Å². The second-order valence-electron chi connectivity index (χ2n) is 4.50. The molecule has 0 amide bonds. The summed E-state index contributed by atoms with van der Waals surface area (Å²) in [6, 6.07) is 6.60. The van der Waals surface area contributed by atoms with Gasteiger partial charge < -0.3 is 0 Å². The van der Waals surface area contributed by atoms with Gasteiger partial charge in [0.25, 0.3) is 0 Å². The minimum atomic E-state index is 1.08. The Bertz CT molecular complexity index is 459. The SMILES string of the molecule is C=C/C=C(\C=C(\C)CC)c1ccc(C)c(C)c1. The van der Waals surface area contributed by atoms with E-state index < -0.39 is 0 Å². The molecule has 0 saturated carbocycles. The summed E-state index contributed by atoms with van der Waals surface area (Å²) in [5.74, 6) is 0. The summed E-state index contributed by atoms with van der Waals surface area (Å²) >= 11 is 0. The number of benzene rings is 1. The van der Waals surface area contributed by atoms with E-state index in [4.69, 9.17) is 0 Å². The Morgan fingerprint density at radius 1 is 1.24 bits per heavy atom. The first-order chi connectivity index (χ1) is 8.08. The van der Waals surface area contributed by atoms with Gasteiger partial charge in [0.05, 0.1) is 0 Å². The number of rotatable bonds is 4. The highest BCUT2D eigenvalue weighted by Crippen LogP contribution is 2.21. The quantitative estimate of drug-likeness (QED) is 0.617. The molecule has 1 rings (SSSR count). The molecule has 0 heteroatoms. The largest absolute Gasteiger partial charge is 0.0990 e. The summed E-state index contributed by atoms with van der Waals surface area (Å²) in [7, 11) is 0. The first kappa shape index (κ1) is 13.5. The smallest absolute Gasteiger partial charge is 0.0181 e. The molecule has 0 unspecified atom stereocenters. The zero-order chi connectivity index (χ0) is 12.8. The average molecular weight is 226 g/mol. The Morgan fingerprint density at radius 2 is 1.94 bits per heavy atom. The van der Waals surface area contributed by atoms with Crippen LogP contribution in [0.15, 0.2) is 48.6 Å². The second kappa shape index (κ2) is 6.24. The van der Waals surface area contributed by atoms with Crippen molar-refractivity contribution in [2.24, 2.45) is 0 Å². The lowest BCUT2D eigenvalue weighted by molar-refractivity contribution is 1.10. The van der Waals surface area contributed by atoms with Gasteiger partial charge in [0.2, 0.25) is 0 Å². The zero-order valence-corrected chi connectivity index (χ0v) is 11.4. The highest BCUT2D eigenvalue weighted by Gasteiger charge is 2.00. The van der Waals surface area contributed by atoms with Crippen molar-refractivity contribution in [3.05, 3.63) is 65.3 Å². The maximum Gasteiger partial charge on any atom is -0.0181 e. The van der Waals surface area contributed by atoms with Gasteiger partial charge in [0, 0.05) is 0 Å². The molecule has 1 aromatic carbocycles. The van der Waals surface area contributed by atoms with Gasteiger partial charge in [-0.25, -0.2) is 0 Å². The Labute approximate surface area is 105 Å². The molecule has 0 nitrogen and oxygen atoms in total. The van der Waals surface area contributed by atoms with Crippen LogP contribution in [0.5, 0.6) is 0 Å². The molecule has 0 aliphatic carbocycles. The summed E-state index contributed by atoms with van der Waals surface area (Å²) < 4.78 is 0. The molecule has 0 atom stereocenters. The molecule has 0 heterocycles. The van der Waals surface area contributed by atoms with Crippen LogP contribution < -0.4 is 0 Å². The summed E-state index contributed by atoms with van der Waals surface area (Å²) in [6.45, 7) is 12.4. The monoisotopic (exact) mass is 226 g/mol. The second-order valence-corrected chi connectivity index (χ2v) is 4.50. The molecule has 0 aliphatic heterocycles. The Kier molecular flexibility index (Phi) is 4.96. The van der Waals surface area contributed by atoms with Gasteiger partial charge in [-0.1, -0.05) is 55.5 Å². The normalized spacial score (nSPS) is 12.7. The third-order valence-electron chi connectivity index (χ3n) is 3.10. The van der Waals surface area contributed by atoms with Crippen LogP contribution in [0.1, 0.15) is 37.0 Å². The van der Waals surface area contributed by atoms with E-state index in [9.17, 15) is 0 Å². The molecule has 17 heavy (non-hydrogen) atoms. The maximum atomic E-state index is 3.79. The van der Waals surface area contributed by atoms with E-state index in [2.05, 4.69) is 64.6 Å². The Hall–Kier alpha value is -1.56. The summed E-state index contributed by atoms with van der Waals surface area (Å²) in [6.07, 6.45) is 7.25. The summed E-state index contributed by atoms with van der Waals surface area (Å²) in [5.41, 5.74) is 6.56. The fourth-order valence-electron chi connectivity index (χ4n) is 1.64. The van der Waals surface area contributed by atoms with Crippen LogP contribution in [0.3, 0.4) is 0 Å². The third kappa shape index (κ3) is 3.74. The third-order valence-corrected chi connectivity index (χ3v) is 3.10. The highest BCUT2D eigenvalue weighted by molar-refractivity contribution is 5.76. The van der Waals surface area contributed by atoms with Crippen LogP contribution in [0.4, 0.5) is 0 Å². The molecule has 1 aromatic rings. The first-order valence-electron chi connectivity index (χ1n) is 6.16. The lowest BCUT2D eigenvalue weighted by Crippen LogP contribution is -1.87. The molecule has 0 radical (unpaired) electrons. The van der Waals surface area contributed by atoms with Crippen molar-refractivity contribution >= 4 is 5.57 Å². The molecule has 0 bridgehead atoms. The molecule has 90 valence electrons. The fourth-order valence-corrected chi connectivity index (χ4v) is 1.64. The van der Waals surface area contributed by atoms with E-state index in [0.717, 1.165) is 6.42 Å². The van der Waals surface area contributed by atoms with Gasteiger partial charge in [0.15, 0.2) is 0 Å². The first-order valence-corrected chi connectivity index (χ1v) is 6.16. The van der Waals surface area contributed by atoms with Crippen molar-refractivity contribution < 1.29 is 0 Å². The van der Waals surface area contributed by atoms with E-state index in [-0.39, 0.29) is 0 Å². The van der Waals surface area contributed by atoms with Gasteiger partial charge >= 0.3 is 0 Å². The average Bonchev–Trinajstić information content (AvgIpc) is 2.32. The molecule has 0 N–H and O–H groups in total. The van der Waals surface area contributed by atoms with Crippen LogP contribution >= 0.6 is 0 Å². The van der Waals surface area contributed by atoms with Crippen molar-refractivity contribution in [3.63, 3.8) is 0 Å². The molecule has 0 aliphatic rings. The minimum Gasteiger partial charge on any atom is -0.0990 e. The lowest BCUT2D eigenvalue weighted by Gasteiger charge is -2.07. The van der Waals surface area contributed by atoms with E-state index >= 15 is 0 Å². The van der Waals surface area contributed by atoms with Crippen molar-refractivity contribution in [1.82, 2.24) is 0 Å². The molecular formula is C17H22. The lowest BCUT2D eigenvalue weighted by atomic mass is 9.98. The van der Waals surface area contributed by atoms with E-state index in [0.29, 0.717) is 0 Å². The van der Waals surface area contributed by atoms with Crippen LogP contribution in [0, 0.1) is 13.8 Å². The zero-order valence-electron chi connectivity index (χ0n) is 11.4. The highest BCUT2D eigenvalue weighted by atomic mass is 14.1. The number of hydrogen-bond acceptors (Lipinski definition) is 0. The number of allylic oxidation sites excluding steroid dienone is 5. The van der Waals surface area contributed by atoms with Crippen LogP contribution in [-0.4, -0.2) is 0 Å². The molecule has 0 aromatic heterocycles. The van der Waals surface area contributed by atoms with Gasteiger partial charge in [-0.05, 0) is 49.5 Å². The topological polar surface area (TPSA) is 0 Å². The molecule has 0 fully saturated rings.